The summed E-state index contributed by atoms with van der Waals surface area (Å²) in [6.07, 6.45) is 0.615. The van der Waals surface area contributed by atoms with Gasteiger partial charge < -0.3 is 15.8 Å². The number of anilines is 1. The molecule has 3 aromatic rings. The number of carbonyl (C=O) groups excluding carboxylic acids is 2. The molecular weight excluding hydrogens is 464 g/mol. The van der Waals surface area contributed by atoms with Gasteiger partial charge in [-0.2, -0.15) is 0 Å². The van der Waals surface area contributed by atoms with Crippen molar-refractivity contribution in [3.05, 3.63) is 52.5 Å². The van der Waals surface area contributed by atoms with Crippen molar-refractivity contribution in [2.24, 2.45) is 5.73 Å². The molecule has 0 bridgehead atoms. The highest BCUT2D eigenvalue weighted by molar-refractivity contribution is 7.89. The third-order valence-electron chi connectivity index (χ3n) is 4.95. The topological polar surface area (TPSA) is 140 Å². The number of nitrogens with two attached hydrogens (primary N) is 1. The smallest absolute Gasteiger partial charge is 0.357 e. The zero-order chi connectivity index (χ0) is 24.0. The van der Waals surface area contributed by atoms with Gasteiger partial charge in [-0.3, -0.25) is 4.79 Å². The summed E-state index contributed by atoms with van der Waals surface area (Å²) in [6, 6.07) is 9.22. The molecule has 33 heavy (non-hydrogen) atoms. The van der Waals surface area contributed by atoms with Crippen LogP contribution in [0.2, 0.25) is 0 Å². The summed E-state index contributed by atoms with van der Waals surface area (Å²) in [6.45, 7) is 2.14. The van der Waals surface area contributed by atoms with Gasteiger partial charge in [0.2, 0.25) is 15.8 Å². The molecule has 0 spiro atoms. The molecule has 1 aromatic heterocycles. The van der Waals surface area contributed by atoms with Crippen molar-refractivity contribution in [3.8, 4) is 0 Å². The molecule has 1 unspecified atom stereocenters. The average molecular weight is 491 g/mol. The number of carbonyl (C=O) groups is 2. The Morgan fingerprint density at radius 2 is 1.91 bits per heavy atom. The molecule has 1 atom stereocenters. The van der Waals surface area contributed by atoms with Gasteiger partial charge in [-0.15, -0.1) is 11.3 Å². The molecule has 0 saturated heterocycles. The van der Waals surface area contributed by atoms with Crippen LogP contribution in [0, 0.1) is 0 Å². The van der Waals surface area contributed by atoms with Gasteiger partial charge in [0.25, 0.3) is 0 Å². The van der Waals surface area contributed by atoms with Crippen LogP contribution in [0.15, 0.2) is 46.7 Å². The summed E-state index contributed by atoms with van der Waals surface area (Å²) < 4.78 is 34.1. The van der Waals surface area contributed by atoms with Crippen molar-refractivity contribution in [3.63, 3.8) is 0 Å². The van der Waals surface area contributed by atoms with Gasteiger partial charge in [0.05, 0.1) is 17.5 Å². The minimum absolute atomic E-state index is 0.0132. The summed E-state index contributed by atoms with van der Waals surface area (Å²) in [7, 11) is -2.31. The first kappa shape index (κ1) is 24.8. The third-order valence-corrected chi connectivity index (χ3v) is 7.34. The number of hydrogen-bond acceptors (Lipinski definition) is 9. The predicted molar refractivity (Wildman–Crippen MR) is 128 cm³/mol. The number of aromatic nitrogens is 1. The quantitative estimate of drug-likeness (QED) is 0.275. The molecule has 11 heteroatoms. The molecule has 9 nitrogen and oxygen atoms in total. The van der Waals surface area contributed by atoms with Crippen LogP contribution in [0.25, 0.3) is 10.8 Å². The molecular formula is C22H26N4O5S2. The molecule has 0 amide bonds. The van der Waals surface area contributed by atoms with Gasteiger partial charge in [0, 0.05) is 28.9 Å². The number of hydrogen-bond donors (Lipinski definition) is 3. The summed E-state index contributed by atoms with van der Waals surface area (Å²) in [5.74, 6) is -1.16. The number of sulfonamides is 1. The Labute approximate surface area is 196 Å². The molecule has 4 N–H and O–H groups in total. The summed E-state index contributed by atoms with van der Waals surface area (Å²) in [4.78, 5) is 29.1. The van der Waals surface area contributed by atoms with E-state index in [1.165, 1.54) is 11.4 Å². The largest absolute Gasteiger partial charge is 0.461 e. The van der Waals surface area contributed by atoms with Crippen molar-refractivity contribution < 1.29 is 22.7 Å². The van der Waals surface area contributed by atoms with Gasteiger partial charge in [-0.25, -0.2) is 22.9 Å². The maximum Gasteiger partial charge on any atom is 0.357 e. The fraction of sp³-hybridized carbons (Fsp3) is 0.318. The SMILES string of the molecule is CCOC(=O)c1csc(C(=O)C(CCCN)NS(=O)(=O)c2cccc3c(NC)cccc23)n1. The minimum Gasteiger partial charge on any atom is -0.461 e. The Morgan fingerprint density at radius 3 is 2.61 bits per heavy atom. The first-order valence-corrected chi connectivity index (χ1v) is 12.8. The molecule has 0 saturated carbocycles. The highest BCUT2D eigenvalue weighted by Crippen LogP contribution is 2.29. The van der Waals surface area contributed by atoms with Gasteiger partial charge in [-0.05, 0) is 38.4 Å². The molecule has 0 aliphatic rings. The zero-order valence-corrected chi connectivity index (χ0v) is 20.0. The Balaban J connectivity index is 1.94. The second-order valence-electron chi connectivity index (χ2n) is 7.13. The Morgan fingerprint density at radius 1 is 1.18 bits per heavy atom. The Hall–Kier alpha value is -2.86. The minimum atomic E-state index is -4.07. The zero-order valence-electron chi connectivity index (χ0n) is 18.3. The van der Waals surface area contributed by atoms with Crippen LogP contribution in [0.3, 0.4) is 0 Å². The van der Waals surface area contributed by atoms with Crippen molar-refractivity contribution in [1.29, 1.82) is 0 Å². The fourth-order valence-corrected chi connectivity index (χ4v) is 5.62. The van der Waals surface area contributed by atoms with Crippen LogP contribution in [-0.4, -0.2) is 51.4 Å². The molecule has 2 aromatic carbocycles. The standard InChI is InChI=1S/C22H26N4O5S2/c1-3-31-22(28)18-13-32-21(25-18)20(27)17(10-6-12-23)26-33(29,30)19-11-5-7-14-15(19)8-4-9-16(14)24-2/h4-5,7-9,11,13,17,24,26H,3,6,10,12,23H2,1-2H3. The van der Waals surface area contributed by atoms with Crippen LogP contribution < -0.4 is 15.8 Å². The van der Waals surface area contributed by atoms with E-state index in [0.29, 0.717) is 11.8 Å². The Kier molecular flexibility index (Phi) is 8.14. The lowest BCUT2D eigenvalue weighted by Crippen LogP contribution is -2.41. The lowest BCUT2D eigenvalue weighted by atomic mass is 10.1. The molecule has 0 aliphatic heterocycles. The highest BCUT2D eigenvalue weighted by Gasteiger charge is 2.29. The summed E-state index contributed by atoms with van der Waals surface area (Å²) in [5.41, 5.74) is 6.40. The molecule has 176 valence electrons. The van der Waals surface area contributed by atoms with Crippen LogP contribution in [0.1, 0.15) is 40.1 Å². The van der Waals surface area contributed by atoms with E-state index in [1.807, 2.05) is 12.1 Å². The van der Waals surface area contributed by atoms with Crippen LogP contribution >= 0.6 is 11.3 Å². The molecule has 0 aliphatic carbocycles. The number of nitrogens with one attached hydrogen (secondary N) is 2. The third kappa shape index (κ3) is 5.56. The van der Waals surface area contributed by atoms with Crippen LogP contribution in [0.5, 0.6) is 0 Å². The summed E-state index contributed by atoms with van der Waals surface area (Å²) >= 11 is 0.967. The number of rotatable bonds is 11. The van der Waals surface area contributed by atoms with Crippen LogP contribution in [0.4, 0.5) is 5.69 Å². The maximum atomic E-state index is 13.3. The van der Waals surface area contributed by atoms with Crippen LogP contribution in [-0.2, 0) is 14.8 Å². The molecule has 3 rings (SSSR count). The van der Waals surface area contributed by atoms with E-state index >= 15 is 0 Å². The van der Waals surface area contributed by atoms with E-state index in [4.69, 9.17) is 10.5 Å². The maximum absolute atomic E-state index is 13.3. The van der Waals surface area contributed by atoms with E-state index < -0.39 is 27.8 Å². The highest BCUT2D eigenvalue weighted by atomic mass is 32.2. The van der Waals surface area contributed by atoms with Crippen molar-refractivity contribution in [1.82, 2.24) is 9.71 Å². The second kappa shape index (κ2) is 10.8. The van der Waals surface area contributed by atoms with E-state index in [0.717, 1.165) is 22.4 Å². The first-order chi connectivity index (χ1) is 15.8. The van der Waals surface area contributed by atoms with Gasteiger partial charge in [0.15, 0.2) is 10.7 Å². The second-order valence-corrected chi connectivity index (χ2v) is 9.67. The predicted octanol–water partition coefficient (Wildman–Crippen LogP) is 2.78. The molecule has 0 fully saturated rings. The van der Waals surface area contributed by atoms with E-state index in [1.54, 1.807) is 32.2 Å². The molecule has 0 radical (unpaired) electrons. The average Bonchev–Trinajstić information content (AvgIpc) is 3.31. The fourth-order valence-electron chi connectivity index (χ4n) is 3.38. The lowest BCUT2D eigenvalue weighted by Gasteiger charge is -2.18. The van der Waals surface area contributed by atoms with Crippen molar-refractivity contribution >= 4 is 49.6 Å². The monoisotopic (exact) mass is 490 g/mol. The van der Waals surface area contributed by atoms with Gasteiger partial charge >= 0.3 is 5.97 Å². The van der Waals surface area contributed by atoms with E-state index in [9.17, 15) is 18.0 Å². The number of thiazole rings is 1. The summed E-state index contributed by atoms with van der Waals surface area (Å²) in [5, 5.41) is 5.77. The van der Waals surface area contributed by atoms with Gasteiger partial charge in [0.1, 0.15) is 0 Å². The number of esters is 1. The van der Waals surface area contributed by atoms with E-state index in [-0.39, 0.29) is 35.2 Å². The van der Waals surface area contributed by atoms with Crippen molar-refractivity contribution in [2.75, 3.05) is 25.5 Å². The molecule has 1 heterocycles. The lowest BCUT2D eigenvalue weighted by molar-refractivity contribution is 0.0520. The van der Waals surface area contributed by atoms with Gasteiger partial charge in [-0.1, -0.05) is 24.3 Å². The number of nitrogens with zero attached hydrogens (tertiary/aromatic N) is 1. The van der Waals surface area contributed by atoms with E-state index in [2.05, 4.69) is 15.0 Å². The number of Topliss-reactive ketones (excluding diaryl/α,β-unsaturated/α-hetero) is 1. The number of benzene rings is 2. The number of fused-ring (bicyclic) bond motifs is 1. The Bertz CT molecular complexity index is 1260. The first-order valence-electron chi connectivity index (χ1n) is 10.4. The number of ether oxygens (including phenoxy) is 1. The number of ketones is 1. The normalized spacial score (nSPS) is 12.5. The van der Waals surface area contributed by atoms with Crippen molar-refractivity contribution in [2.45, 2.75) is 30.7 Å².